The van der Waals surface area contributed by atoms with E-state index >= 15 is 0 Å². The molecule has 1 aliphatic rings. The van der Waals surface area contributed by atoms with Gasteiger partial charge in [-0.25, -0.2) is 4.98 Å². The Morgan fingerprint density at radius 2 is 1.94 bits per heavy atom. The molecular formula is C30H33N3O2. The molecule has 2 aromatic heterocycles. The van der Waals surface area contributed by atoms with Gasteiger partial charge in [-0.15, -0.1) is 6.58 Å². The number of hydrogen-bond donors (Lipinski definition) is 0. The summed E-state index contributed by atoms with van der Waals surface area (Å²) in [5.41, 5.74) is 4.12. The largest absolute Gasteiger partial charge is 0.497 e. The lowest BCUT2D eigenvalue weighted by molar-refractivity contribution is 0.0516. The predicted octanol–water partition coefficient (Wildman–Crippen LogP) is 6.51. The number of hydrogen-bond acceptors (Lipinski definition) is 5. The Morgan fingerprint density at radius 1 is 1.09 bits per heavy atom. The van der Waals surface area contributed by atoms with Gasteiger partial charge in [-0.2, -0.15) is 0 Å². The topological polar surface area (TPSA) is 47.5 Å². The number of pyridine rings is 2. The van der Waals surface area contributed by atoms with Gasteiger partial charge < -0.3 is 9.47 Å². The fourth-order valence-electron chi connectivity index (χ4n) is 5.25. The summed E-state index contributed by atoms with van der Waals surface area (Å²) in [5.74, 6) is 1.95. The predicted molar refractivity (Wildman–Crippen MR) is 142 cm³/mol. The number of likely N-dealkylation sites (tertiary alicyclic amines) is 1. The van der Waals surface area contributed by atoms with Gasteiger partial charge in [-0.3, -0.25) is 9.88 Å². The van der Waals surface area contributed by atoms with Crippen LogP contribution in [0.4, 0.5) is 0 Å². The van der Waals surface area contributed by atoms with Crippen molar-refractivity contribution in [1.29, 1.82) is 0 Å². The summed E-state index contributed by atoms with van der Waals surface area (Å²) in [7, 11) is 1.69. The number of rotatable bonds is 7. The van der Waals surface area contributed by atoms with Gasteiger partial charge in [0.25, 0.3) is 0 Å². The van der Waals surface area contributed by atoms with Gasteiger partial charge in [0, 0.05) is 41.2 Å². The fourth-order valence-corrected chi connectivity index (χ4v) is 5.25. The lowest BCUT2D eigenvalue weighted by atomic mass is 9.93. The summed E-state index contributed by atoms with van der Waals surface area (Å²) in [4.78, 5) is 12.0. The summed E-state index contributed by atoms with van der Waals surface area (Å²) >= 11 is 0. The van der Waals surface area contributed by atoms with Crippen LogP contribution < -0.4 is 9.47 Å². The smallest absolute Gasteiger partial charge is 0.214 e. The maximum atomic E-state index is 6.81. The molecule has 4 aromatic rings. The molecule has 3 heterocycles. The third-order valence-corrected chi connectivity index (χ3v) is 7.27. The number of piperidine rings is 1. The van der Waals surface area contributed by atoms with Gasteiger partial charge in [0.2, 0.25) is 5.88 Å². The zero-order valence-electron chi connectivity index (χ0n) is 20.8. The first-order chi connectivity index (χ1) is 17.1. The van der Waals surface area contributed by atoms with E-state index in [1.165, 1.54) is 6.42 Å². The van der Waals surface area contributed by atoms with Gasteiger partial charge in [-0.1, -0.05) is 24.3 Å². The Labute approximate surface area is 207 Å². The molecule has 0 bridgehead atoms. The van der Waals surface area contributed by atoms with E-state index in [9.17, 15) is 0 Å². The van der Waals surface area contributed by atoms with E-state index in [0.29, 0.717) is 11.8 Å². The Morgan fingerprint density at radius 3 is 2.77 bits per heavy atom. The zero-order chi connectivity index (χ0) is 24.4. The van der Waals surface area contributed by atoms with Crippen molar-refractivity contribution in [3.63, 3.8) is 0 Å². The van der Waals surface area contributed by atoms with Crippen molar-refractivity contribution in [2.24, 2.45) is 5.92 Å². The molecule has 5 rings (SSSR count). The summed E-state index contributed by atoms with van der Waals surface area (Å²) in [5, 5.41) is 2.19. The quantitative estimate of drug-likeness (QED) is 0.290. The maximum absolute atomic E-state index is 6.81. The van der Waals surface area contributed by atoms with E-state index in [0.717, 1.165) is 58.2 Å². The average molecular weight is 468 g/mol. The van der Waals surface area contributed by atoms with Crippen LogP contribution in [0.5, 0.6) is 11.6 Å². The highest BCUT2D eigenvalue weighted by atomic mass is 16.5. The van der Waals surface area contributed by atoms with Crippen LogP contribution in [0.2, 0.25) is 0 Å². The molecule has 0 spiro atoms. The van der Waals surface area contributed by atoms with Crippen molar-refractivity contribution in [2.75, 3.05) is 20.2 Å². The van der Waals surface area contributed by atoms with Crippen LogP contribution >= 0.6 is 0 Å². The average Bonchev–Trinajstić information content (AvgIpc) is 2.91. The second-order valence-electron chi connectivity index (χ2n) is 9.49. The van der Waals surface area contributed by atoms with Crippen LogP contribution in [-0.2, 0) is 0 Å². The molecule has 3 atom stereocenters. The maximum Gasteiger partial charge on any atom is 0.214 e. The van der Waals surface area contributed by atoms with E-state index in [1.54, 1.807) is 7.11 Å². The van der Waals surface area contributed by atoms with Crippen molar-refractivity contribution >= 4 is 21.8 Å². The lowest BCUT2D eigenvalue weighted by Crippen LogP contribution is -2.45. The summed E-state index contributed by atoms with van der Waals surface area (Å²) in [6.07, 6.45) is 6.08. The van der Waals surface area contributed by atoms with Gasteiger partial charge in [-0.05, 0) is 75.0 Å². The first kappa shape index (κ1) is 23.3. The first-order valence-electron chi connectivity index (χ1n) is 12.4. The molecule has 5 nitrogen and oxygen atoms in total. The number of nitrogens with zero attached hydrogens (tertiary/aromatic N) is 3. The number of para-hydroxylation sites is 1. The monoisotopic (exact) mass is 467 g/mol. The van der Waals surface area contributed by atoms with Crippen molar-refractivity contribution in [3.8, 4) is 11.6 Å². The Hall–Kier alpha value is -3.44. The van der Waals surface area contributed by atoms with E-state index in [1.807, 2.05) is 36.5 Å². The van der Waals surface area contributed by atoms with Crippen LogP contribution in [0.1, 0.15) is 37.0 Å². The number of fused-ring (bicyclic) bond motifs is 2. The number of benzene rings is 2. The van der Waals surface area contributed by atoms with Crippen LogP contribution in [0.15, 0.2) is 73.4 Å². The minimum atomic E-state index is -0.232. The molecule has 1 fully saturated rings. The minimum Gasteiger partial charge on any atom is -0.497 e. The van der Waals surface area contributed by atoms with E-state index < -0.39 is 0 Å². The highest BCUT2D eigenvalue weighted by molar-refractivity contribution is 5.84. The molecule has 0 aliphatic carbocycles. The first-order valence-corrected chi connectivity index (χ1v) is 12.4. The Bertz CT molecular complexity index is 1350. The van der Waals surface area contributed by atoms with Gasteiger partial charge >= 0.3 is 0 Å². The molecule has 1 aliphatic heterocycles. The molecule has 0 N–H and O–H groups in total. The van der Waals surface area contributed by atoms with Crippen LogP contribution in [-0.4, -0.2) is 41.1 Å². The molecule has 35 heavy (non-hydrogen) atoms. The fraction of sp³-hybridized carbons (Fsp3) is 0.333. The molecule has 180 valence electrons. The van der Waals surface area contributed by atoms with Gasteiger partial charge in [0.05, 0.1) is 18.1 Å². The van der Waals surface area contributed by atoms with E-state index in [4.69, 9.17) is 14.5 Å². The van der Waals surface area contributed by atoms with Crippen molar-refractivity contribution in [1.82, 2.24) is 14.9 Å². The Balaban J connectivity index is 1.60. The minimum absolute atomic E-state index is 0.128. The standard InChI is InChI=1S/C30H33N3O2/c1-5-22-9-8-16-33(19-22)21(3)30(25-14-15-31-27-13-12-23(34-4)18-26(25)27)35-29-17-20(2)24-10-6-7-11-28(24)32-29/h5-7,10-15,17-18,21-22,30H,1,8-9,16,19H2,2-4H3. The Kier molecular flexibility index (Phi) is 6.69. The zero-order valence-corrected chi connectivity index (χ0v) is 20.8. The van der Waals surface area contributed by atoms with E-state index in [2.05, 4.69) is 60.7 Å². The number of aryl methyl sites for hydroxylation is 1. The SMILES string of the molecule is C=CC1CCCN(C(C)C(Oc2cc(C)c3ccccc3n2)c2ccnc3ccc(OC)cc23)C1. The molecule has 0 amide bonds. The van der Waals surface area contributed by atoms with Crippen molar-refractivity contribution in [2.45, 2.75) is 38.8 Å². The van der Waals surface area contributed by atoms with Crippen LogP contribution in [0.25, 0.3) is 21.8 Å². The molecule has 1 saturated heterocycles. The van der Waals surface area contributed by atoms with Crippen molar-refractivity contribution in [3.05, 3.63) is 84.6 Å². The molecule has 3 unspecified atom stereocenters. The highest BCUT2D eigenvalue weighted by Gasteiger charge is 2.31. The number of ether oxygens (including phenoxy) is 2. The van der Waals surface area contributed by atoms with Gasteiger partial charge in [0.1, 0.15) is 11.9 Å². The molecule has 5 heteroatoms. The summed E-state index contributed by atoms with van der Waals surface area (Å²) in [6, 6.07) is 18.5. The second-order valence-corrected chi connectivity index (χ2v) is 9.49. The second kappa shape index (κ2) is 10.0. The third-order valence-electron chi connectivity index (χ3n) is 7.27. The molecule has 0 saturated carbocycles. The van der Waals surface area contributed by atoms with Crippen LogP contribution in [0, 0.1) is 12.8 Å². The number of methoxy groups -OCH3 is 1. The molecule has 0 radical (unpaired) electrons. The van der Waals surface area contributed by atoms with Crippen molar-refractivity contribution < 1.29 is 9.47 Å². The molecule has 2 aromatic carbocycles. The summed E-state index contributed by atoms with van der Waals surface area (Å²) in [6.45, 7) is 10.5. The van der Waals surface area contributed by atoms with Gasteiger partial charge in [0.15, 0.2) is 0 Å². The normalized spacial score (nSPS) is 18.3. The van der Waals surface area contributed by atoms with Crippen LogP contribution in [0.3, 0.4) is 0 Å². The lowest BCUT2D eigenvalue weighted by Gasteiger charge is -2.39. The summed E-state index contributed by atoms with van der Waals surface area (Å²) < 4.78 is 12.4. The highest BCUT2D eigenvalue weighted by Crippen LogP contribution is 2.35. The van der Waals surface area contributed by atoms with E-state index in [-0.39, 0.29) is 12.1 Å². The third kappa shape index (κ3) is 4.73. The molecular weight excluding hydrogens is 434 g/mol. The number of aromatic nitrogens is 2.